The predicted molar refractivity (Wildman–Crippen MR) is 86.3 cm³/mol. The third-order valence-electron chi connectivity index (χ3n) is 3.84. The van der Waals surface area contributed by atoms with Gasteiger partial charge in [-0.1, -0.05) is 17.7 Å². The van der Waals surface area contributed by atoms with Gasteiger partial charge in [0.1, 0.15) is 5.82 Å². The first-order chi connectivity index (χ1) is 10.1. The van der Waals surface area contributed by atoms with Crippen molar-refractivity contribution in [2.24, 2.45) is 5.92 Å². The molecule has 0 radical (unpaired) electrons. The molecule has 110 valence electrons. The molecule has 0 fully saturated rings. The average Bonchev–Trinajstić information content (AvgIpc) is 2.45. The van der Waals surface area contributed by atoms with Gasteiger partial charge in [-0.15, -0.1) is 0 Å². The number of nitrogens with zero attached hydrogens (tertiary/aromatic N) is 2. The highest BCUT2D eigenvalue weighted by atomic mass is 35.5. The molecular formula is C15H18ClN5. The Bertz CT molecular complexity index is 659. The molecule has 0 aliphatic heterocycles. The number of hydrogen-bond acceptors (Lipinski definition) is 5. The van der Waals surface area contributed by atoms with Crippen LogP contribution in [0, 0.1) is 5.92 Å². The second kappa shape index (κ2) is 5.77. The van der Waals surface area contributed by atoms with E-state index in [2.05, 4.69) is 15.3 Å². The molecule has 0 spiro atoms. The van der Waals surface area contributed by atoms with Crippen molar-refractivity contribution in [2.75, 3.05) is 23.3 Å². The van der Waals surface area contributed by atoms with E-state index in [0.717, 1.165) is 47.8 Å². The molecule has 5 nitrogen and oxygen atoms in total. The lowest BCUT2D eigenvalue weighted by Crippen LogP contribution is -2.24. The van der Waals surface area contributed by atoms with E-state index in [1.807, 2.05) is 24.3 Å². The molecule has 1 heterocycles. The molecule has 1 atom stereocenters. The van der Waals surface area contributed by atoms with E-state index in [1.54, 1.807) is 0 Å². The van der Waals surface area contributed by atoms with Crippen LogP contribution in [0.2, 0.25) is 5.02 Å². The van der Waals surface area contributed by atoms with Crippen molar-refractivity contribution < 1.29 is 0 Å². The van der Waals surface area contributed by atoms with Crippen molar-refractivity contribution in [3.05, 3.63) is 40.5 Å². The summed E-state index contributed by atoms with van der Waals surface area (Å²) in [5.74, 6) is 1.29. The first-order valence-electron chi connectivity index (χ1n) is 7.02. The number of halogens is 1. The molecule has 1 aliphatic carbocycles. The van der Waals surface area contributed by atoms with E-state index >= 15 is 0 Å². The van der Waals surface area contributed by atoms with E-state index in [0.29, 0.717) is 11.7 Å². The van der Waals surface area contributed by atoms with Gasteiger partial charge in [-0.25, -0.2) is 4.98 Å². The van der Waals surface area contributed by atoms with Gasteiger partial charge in [0.05, 0.1) is 5.69 Å². The normalized spacial score (nSPS) is 17.3. The second-order valence-electron chi connectivity index (χ2n) is 5.39. The largest absolute Gasteiger partial charge is 0.385 e. The predicted octanol–water partition coefficient (Wildman–Crippen LogP) is 2.51. The number of aromatic nitrogens is 2. The number of fused-ring (bicyclic) bond motifs is 1. The summed E-state index contributed by atoms with van der Waals surface area (Å²) < 4.78 is 0. The zero-order valence-corrected chi connectivity index (χ0v) is 12.4. The highest BCUT2D eigenvalue weighted by Gasteiger charge is 2.22. The van der Waals surface area contributed by atoms with Gasteiger partial charge in [0, 0.05) is 22.8 Å². The molecule has 1 aromatic heterocycles. The fraction of sp³-hybridized carbons (Fsp3) is 0.333. The van der Waals surface area contributed by atoms with Crippen LogP contribution in [0.15, 0.2) is 24.3 Å². The monoisotopic (exact) mass is 303 g/mol. The van der Waals surface area contributed by atoms with Crippen LogP contribution in [0.1, 0.15) is 17.7 Å². The highest BCUT2D eigenvalue weighted by molar-refractivity contribution is 6.30. The average molecular weight is 304 g/mol. The van der Waals surface area contributed by atoms with Gasteiger partial charge in [-0.05, 0) is 43.4 Å². The molecular weight excluding hydrogens is 286 g/mol. The smallest absolute Gasteiger partial charge is 0.222 e. The third-order valence-corrected chi connectivity index (χ3v) is 4.08. The van der Waals surface area contributed by atoms with Crippen LogP contribution in [0.3, 0.4) is 0 Å². The standard InChI is InChI=1S/C15H18ClN5/c16-10-2-1-3-11(7-10)19-8-9-4-5-13-12(6-9)14(17)21-15(18)20-13/h1-3,7,9,19H,4-6,8H2,(H4,17,18,20,21). The number of anilines is 3. The van der Waals surface area contributed by atoms with Crippen molar-refractivity contribution in [2.45, 2.75) is 19.3 Å². The van der Waals surface area contributed by atoms with Crippen LogP contribution in [0.4, 0.5) is 17.5 Å². The minimum atomic E-state index is 0.266. The Balaban J connectivity index is 1.66. The number of benzene rings is 1. The Labute approximate surface area is 128 Å². The van der Waals surface area contributed by atoms with Gasteiger partial charge in [-0.2, -0.15) is 4.98 Å². The molecule has 0 amide bonds. The Morgan fingerprint density at radius 3 is 2.95 bits per heavy atom. The minimum Gasteiger partial charge on any atom is -0.385 e. The molecule has 21 heavy (non-hydrogen) atoms. The number of aryl methyl sites for hydroxylation is 1. The van der Waals surface area contributed by atoms with Gasteiger partial charge < -0.3 is 16.8 Å². The van der Waals surface area contributed by atoms with Gasteiger partial charge >= 0.3 is 0 Å². The number of nitrogens with two attached hydrogens (primary N) is 2. The molecule has 1 aromatic carbocycles. The molecule has 0 saturated carbocycles. The maximum atomic E-state index is 5.98. The van der Waals surface area contributed by atoms with E-state index < -0.39 is 0 Å². The van der Waals surface area contributed by atoms with Gasteiger partial charge in [0.15, 0.2) is 0 Å². The maximum Gasteiger partial charge on any atom is 0.222 e. The lowest BCUT2D eigenvalue weighted by Gasteiger charge is -2.25. The van der Waals surface area contributed by atoms with Crippen LogP contribution in [0.5, 0.6) is 0 Å². The summed E-state index contributed by atoms with van der Waals surface area (Å²) in [7, 11) is 0. The van der Waals surface area contributed by atoms with E-state index in [4.69, 9.17) is 23.1 Å². The Morgan fingerprint density at radius 2 is 2.14 bits per heavy atom. The van der Waals surface area contributed by atoms with Crippen molar-refractivity contribution >= 4 is 29.1 Å². The van der Waals surface area contributed by atoms with Crippen LogP contribution in [-0.4, -0.2) is 16.5 Å². The second-order valence-corrected chi connectivity index (χ2v) is 5.83. The maximum absolute atomic E-state index is 5.98. The molecule has 2 aromatic rings. The van der Waals surface area contributed by atoms with Gasteiger partial charge in [0.2, 0.25) is 5.95 Å². The molecule has 1 unspecified atom stereocenters. The van der Waals surface area contributed by atoms with E-state index in [9.17, 15) is 0 Å². The Morgan fingerprint density at radius 1 is 1.29 bits per heavy atom. The zero-order valence-electron chi connectivity index (χ0n) is 11.6. The van der Waals surface area contributed by atoms with Crippen molar-refractivity contribution in [3.8, 4) is 0 Å². The van der Waals surface area contributed by atoms with E-state index in [-0.39, 0.29) is 5.95 Å². The molecule has 3 rings (SSSR count). The van der Waals surface area contributed by atoms with Crippen molar-refractivity contribution in [1.29, 1.82) is 0 Å². The quantitative estimate of drug-likeness (QED) is 0.810. The zero-order chi connectivity index (χ0) is 14.8. The van der Waals surface area contributed by atoms with Gasteiger partial charge in [-0.3, -0.25) is 0 Å². The first-order valence-corrected chi connectivity index (χ1v) is 7.40. The van der Waals surface area contributed by atoms with E-state index in [1.165, 1.54) is 0 Å². The van der Waals surface area contributed by atoms with Crippen LogP contribution in [-0.2, 0) is 12.8 Å². The Kier molecular flexibility index (Phi) is 3.84. The van der Waals surface area contributed by atoms with Crippen molar-refractivity contribution in [1.82, 2.24) is 9.97 Å². The lowest BCUT2D eigenvalue weighted by atomic mass is 9.86. The first kappa shape index (κ1) is 13.9. The molecule has 1 aliphatic rings. The summed E-state index contributed by atoms with van der Waals surface area (Å²) in [6.45, 7) is 0.879. The van der Waals surface area contributed by atoms with Gasteiger partial charge in [0.25, 0.3) is 0 Å². The fourth-order valence-corrected chi connectivity index (χ4v) is 2.96. The highest BCUT2D eigenvalue weighted by Crippen LogP contribution is 2.28. The number of rotatable bonds is 3. The lowest BCUT2D eigenvalue weighted by molar-refractivity contribution is 0.474. The summed E-state index contributed by atoms with van der Waals surface area (Å²) in [6, 6.07) is 7.75. The minimum absolute atomic E-state index is 0.266. The number of hydrogen-bond donors (Lipinski definition) is 3. The summed E-state index contributed by atoms with van der Waals surface area (Å²) >= 11 is 5.98. The summed E-state index contributed by atoms with van der Waals surface area (Å²) in [4.78, 5) is 8.35. The summed E-state index contributed by atoms with van der Waals surface area (Å²) in [6.07, 6.45) is 2.85. The number of nitrogens with one attached hydrogen (secondary N) is 1. The third kappa shape index (κ3) is 3.19. The summed E-state index contributed by atoms with van der Waals surface area (Å²) in [5, 5.41) is 4.16. The Hall–Kier alpha value is -2.01. The number of nitrogen functional groups attached to an aromatic ring is 2. The van der Waals surface area contributed by atoms with Crippen LogP contribution >= 0.6 is 11.6 Å². The molecule has 0 bridgehead atoms. The van der Waals surface area contributed by atoms with Crippen LogP contribution in [0.25, 0.3) is 0 Å². The molecule has 6 heteroatoms. The SMILES string of the molecule is Nc1nc(N)c2c(n1)CCC(CNc1cccc(Cl)c1)C2. The van der Waals surface area contributed by atoms with Crippen molar-refractivity contribution in [3.63, 3.8) is 0 Å². The topological polar surface area (TPSA) is 89.8 Å². The molecule has 0 saturated heterocycles. The molecule has 5 N–H and O–H groups in total. The van der Waals surface area contributed by atoms with Crippen LogP contribution < -0.4 is 16.8 Å². The summed E-state index contributed by atoms with van der Waals surface area (Å²) in [5.41, 5.74) is 14.7. The fourth-order valence-electron chi connectivity index (χ4n) is 2.77.